The zero-order valence-corrected chi connectivity index (χ0v) is 12.0. The van der Waals surface area contributed by atoms with Gasteiger partial charge in [0, 0.05) is 16.2 Å². The van der Waals surface area contributed by atoms with Crippen LogP contribution < -0.4 is 5.73 Å². The van der Waals surface area contributed by atoms with Crippen LogP contribution in [0, 0.1) is 11.7 Å². The second-order valence-corrected chi connectivity index (χ2v) is 6.77. The Hall–Kier alpha value is -0.540. The summed E-state index contributed by atoms with van der Waals surface area (Å²) in [7, 11) is 0. The predicted octanol–water partition coefficient (Wildman–Crippen LogP) is 4.52. The first-order valence-electron chi connectivity index (χ1n) is 6.78. The van der Waals surface area contributed by atoms with Crippen LogP contribution in [0.15, 0.2) is 23.1 Å². The van der Waals surface area contributed by atoms with Crippen molar-refractivity contribution in [3.05, 3.63) is 29.6 Å². The summed E-state index contributed by atoms with van der Waals surface area (Å²) in [6.07, 6.45) is 4.97. The van der Waals surface area contributed by atoms with Crippen molar-refractivity contribution in [1.29, 1.82) is 0 Å². The summed E-state index contributed by atoms with van der Waals surface area (Å²) in [5.74, 6) is 0.648. The van der Waals surface area contributed by atoms with Gasteiger partial charge in [-0.2, -0.15) is 0 Å². The van der Waals surface area contributed by atoms with Crippen LogP contribution in [0.4, 0.5) is 4.39 Å². The Labute approximate surface area is 113 Å². The van der Waals surface area contributed by atoms with Gasteiger partial charge in [-0.3, -0.25) is 0 Å². The van der Waals surface area contributed by atoms with E-state index in [0.29, 0.717) is 5.25 Å². The molecular formula is C15H22FNS. The molecule has 0 amide bonds. The third kappa shape index (κ3) is 3.27. The van der Waals surface area contributed by atoms with Gasteiger partial charge in [-0.25, -0.2) is 4.39 Å². The van der Waals surface area contributed by atoms with E-state index in [1.165, 1.54) is 25.7 Å². The van der Waals surface area contributed by atoms with Crippen molar-refractivity contribution >= 4 is 11.8 Å². The normalized spacial score (nSPS) is 26.0. The van der Waals surface area contributed by atoms with E-state index in [-0.39, 0.29) is 11.9 Å². The minimum Gasteiger partial charge on any atom is -0.324 e. The number of benzene rings is 1. The molecule has 1 aromatic rings. The lowest BCUT2D eigenvalue weighted by molar-refractivity contribution is 0.394. The van der Waals surface area contributed by atoms with Gasteiger partial charge in [0.15, 0.2) is 0 Å². The van der Waals surface area contributed by atoms with Crippen molar-refractivity contribution in [2.75, 3.05) is 0 Å². The van der Waals surface area contributed by atoms with Crippen molar-refractivity contribution in [2.45, 2.75) is 55.7 Å². The molecule has 1 fully saturated rings. The molecule has 0 aromatic heterocycles. The van der Waals surface area contributed by atoms with E-state index in [0.717, 1.165) is 16.4 Å². The molecule has 2 unspecified atom stereocenters. The lowest BCUT2D eigenvalue weighted by Crippen LogP contribution is -2.16. The molecule has 0 radical (unpaired) electrons. The third-order valence-electron chi connectivity index (χ3n) is 3.66. The van der Waals surface area contributed by atoms with E-state index in [1.807, 2.05) is 13.0 Å². The smallest absolute Gasteiger partial charge is 0.137 e. The lowest BCUT2D eigenvalue weighted by Gasteiger charge is -2.27. The van der Waals surface area contributed by atoms with Crippen molar-refractivity contribution < 1.29 is 4.39 Å². The Morgan fingerprint density at radius 3 is 2.83 bits per heavy atom. The fourth-order valence-electron chi connectivity index (χ4n) is 2.66. The van der Waals surface area contributed by atoms with Crippen LogP contribution in [-0.4, -0.2) is 5.25 Å². The molecule has 0 saturated heterocycles. The van der Waals surface area contributed by atoms with Crippen LogP contribution in [0.25, 0.3) is 0 Å². The van der Waals surface area contributed by atoms with Crippen LogP contribution >= 0.6 is 11.8 Å². The van der Waals surface area contributed by atoms with Gasteiger partial charge in [0.05, 0.1) is 0 Å². The summed E-state index contributed by atoms with van der Waals surface area (Å²) in [6, 6.07) is 5.13. The number of thioether (sulfide) groups is 1. The number of hydrogen-bond donors (Lipinski definition) is 1. The Morgan fingerprint density at radius 2 is 2.17 bits per heavy atom. The van der Waals surface area contributed by atoms with Crippen LogP contribution in [0.5, 0.6) is 0 Å². The molecule has 0 aliphatic heterocycles. The summed E-state index contributed by atoms with van der Waals surface area (Å²) >= 11 is 1.69. The Morgan fingerprint density at radius 1 is 1.39 bits per heavy atom. The maximum atomic E-state index is 14.0. The van der Waals surface area contributed by atoms with Gasteiger partial charge in [0.25, 0.3) is 0 Å². The van der Waals surface area contributed by atoms with Crippen LogP contribution in [0.1, 0.15) is 51.1 Å². The predicted molar refractivity (Wildman–Crippen MR) is 76.3 cm³/mol. The monoisotopic (exact) mass is 267 g/mol. The molecule has 100 valence electrons. The molecule has 3 heteroatoms. The van der Waals surface area contributed by atoms with Crippen molar-refractivity contribution in [2.24, 2.45) is 11.7 Å². The summed E-state index contributed by atoms with van der Waals surface area (Å²) < 4.78 is 14.0. The van der Waals surface area contributed by atoms with Gasteiger partial charge in [-0.1, -0.05) is 31.9 Å². The topological polar surface area (TPSA) is 26.0 Å². The quantitative estimate of drug-likeness (QED) is 0.871. The second-order valence-electron chi connectivity index (χ2n) is 5.46. The molecule has 1 aromatic carbocycles. The highest BCUT2D eigenvalue weighted by Crippen LogP contribution is 2.39. The standard InChI is InChI=1S/C15H22FNS/c1-10-5-3-6-12(9-10)18-15-13(11(2)17)7-4-8-14(15)16/h4,7-8,10-12H,3,5-6,9,17H2,1-2H3/t10?,11-,12?/m0/s1. The van der Waals surface area contributed by atoms with E-state index in [1.54, 1.807) is 23.9 Å². The largest absolute Gasteiger partial charge is 0.324 e. The second kappa shape index (κ2) is 6.07. The number of rotatable bonds is 3. The van der Waals surface area contributed by atoms with Crippen molar-refractivity contribution in [3.63, 3.8) is 0 Å². The lowest BCUT2D eigenvalue weighted by atomic mass is 9.91. The molecule has 1 aliphatic carbocycles. The molecule has 2 rings (SSSR count). The van der Waals surface area contributed by atoms with Crippen molar-refractivity contribution in [3.8, 4) is 0 Å². The maximum absolute atomic E-state index is 14.0. The first kappa shape index (κ1) is 13.9. The fraction of sp³-hybridized carbons (Fsp3) is 0.600. The van der Waals surface area contributed by atoms with Crippen LogP contribution in [0.3, 0.4) is 0 Å². The number of halogens is 1. The molecule has 3 atom stereocenters. The van der Waals surface area contributed by atoms with Crippen LogP contribution in [-0.2, 0) is 0 Å². The molecule has 0 heterocycles. The highest BCUT2D eigenvalue weighted by molar-refractivity contribution is 8.00. The summed E-state index contributed by atoms with van der Waals surface area (Å²) in [4.78, 5) is 0.770. The first-order chi connectivity index (χ1) is 8.58. The molecular weight excluding hydrogens is 245 g/mol. The minimum atomic E-state index is -0.118. The van der Waals surface area contributed by atoms with E-state index >= 15 is 0 Å². The van der Waals surface area contributed by atoms with Crippen molar-refractivity contribution in [1.82, 2.24) is 0 Å². The Balaban J connectivity index is 2.17. The Bertz CT molecular complexity index is 405. The molecule has 1 aliphatic rings. The van der Waals surface area contributed by atoms with E-state index in [4.69, 9.17) is 5.73 Å². The van der Waals surface area contributed by atoms with Gasteiger partial charge in [-0.15, -0.1) is 11.8 Å². The molecule has 0 bridgehead atoms. The minimum absolute atomic E-state index is 0.107. The summed E-state index contributed by atoms with van der Waals surface area (Å²) in [5, 5.41) is 0.545. The van der Waals surface area contributed by atoms with E-state index in [9.17, 15) is 4.39 Å². The molecule has 2 N–H and O–H groups in total. The van der Waals surface area contributed by atoms with Gasteiger partial charge < -0.3 is 5.73 Å². The van der Waals surface area contributed by atoms with Crippen LogP contribution in [0.2, 0.25) is 0 Å². The number of hydrogen-bond acceptors (Lipinski definition) is 2. The number of nitrogens with two attached hydrogens (primary N) is 1. The summed E-state index contributed by atoms with van der Waals surface area (Å²) in [6.45, 7) is 4.21. The van der Waals surface area contributed by atoms with Gasteiger partial charge in [0.1, 0.15) is 5.82 Å². The van der Waals surface area contributed by atoms with Gasteiger partial charge >= 0.3 is 0 Å². The molecule has 1 nitrogen and oxygen atoms in total. The highest BCUT2D eigenvalue weighted by atomic mass is 32.2. The molecule has 1 saturated carbocycles. The first-order valence-corrected chi connectivity index (χ1v) is 7.66. The maximum Gasteiger partial charge on any atom is 0.137 e. The van der Waals surface area contributed by atoms with Gasteiger partial charge in [0.2, 0.25) is 0 Å². The average molecular weight is 267 g/mol. The third-order valence-corrected chi connectivity index (χ3v) is 5.09. The fourth-order valence-corrected chi connectivity index (χ4v) is 4.27. The SMILES string of the molecule is CC1CCCC(Sc2c(F)cccc2[C@H](C)N)C1. The van der Waals surface area contributed by atoms with E-state index in [2.05, 4.69) is 6.92 Å². The Kier molecular flexibility index (Phi) is 4.68. The zero-order valence-electron chi connectivity index (χ0n) is 11.2. The molecule has 18 heavy (non-hydrogen) atoms. The summed E-state index contributed by atoms with van der Waals surface area (Å²) in [5.41, 5.74) is 6.88. The van der Waals surface area contributed by atoms with E-state index < -0.39 is 0 Å². The average Bonchev–Trinajstić information content (AvgIpc) is 2.31. The zero-order chi connectivity index (χ0) is 13.1. The molecule has 0 spiro atoms. The highest BCUT2D eigenvalue weighted by Gasteiger charge is 2.22. The van der Waals surface area contributed by atoms with Gasteiger partial charge in [-0.05, 0) is 37.3 Å².